The van der Waals surface area contributed by atoms with E-state index in [1.54, 1.807) is 14.2 Å². The minimum absolute atomic E-state index is 0.00463. The molecule has 2 spiro atoms. The van der Waals surface area contributed by atoms with Crippen LogP contribution >= 0.6 is 0 Å². The second kappa shape index (κ2) is 6.39. The number of benzene rings is 2. The summed E-state index contributed by atoms with van der Waals surface area (Å²) in [6.45, 7) is 1.04. The monoisotopic (exact) mass is 445 g/mol. The molecule has 2 aliphatic heterocycles. The lowest BCUT2D eigenvalue weighted by atomic mass is 9.34. The molecule has 6 aliphatic rings. The summed E-state index contributed by atoms with van der Waals surface area (Å²) >= 11 is 0. The van der Waals surface area contributed by atoms with E-state index in [0.717, 1.165) is 55.7 Å². The number of likely N-dealkylation sites (tertiary alicyclic amines) is 1. The van der Waals surface area contributed by atoms with Crippen molar-refractivity contribution in [3.8, 4) is 11.5 Å². The van der Waals surface area contributed by atoms with Crippen LogP contribution in [0, 0.1) is 11.3 Å². The summed E-state index contributed by atoms with van der Waals surface area (Å²) < 4.78 is 19.2. The first-order chi connectivity index (χ1) is 16.0. The molecule has 2 aromatic carbocycles. The van der Waals surface area contributed by atoms with Gasteiger partial charge in [0, 0.05) is 35.1 Å². The number of fused-ring (bicyclic) bond motifs is 2. The maximum absolute atomic E-state index is 14.0. The minimum Gasteiger partial charge on any atom is -0.493 e. The van der Waals surface area contributed by atoms with Crippen molar-refractivity contribution in [1.82, 2.24) is 4.90 Å². The van der Waals surface area contributed by atoms with Crippen molar-refractivity contribution in [2.24, 2.45) is 11.3 Å². The third kappa shape index (κ3) is 2.07. The molecular weight excluding hydrogens is 414 g/mol. The van der Waals surface area contributed by atoms with Crippen molar-refractivity contribution in [2.75, 3.05) is 27.8 Å². The fraction of sp³-hybridized carbons (Fsp3) is 0.536. The third-order valence-electron chi connectivity index (χ3n) is 10.2. The predicted molar refractivity (Wildman–Crippen MR) is 124 cm³/mol. The van der Waals surface area contributed by atoms with E-state index in [9.17, 15) is 4.79 Å². The van der Waals surface area contributed by atoms with Gasteiger partial charge in [-0.15, -0.1) is 0 Å². The quantitative estimate of drug-likeness (QED) is 0.666. The number of Topliss-reactive ketones (excluding diaryl/α,β-unsaturated/α-hetero) is 1. The molecule has 4 fully saturated rings. The van der Waals surface area contributed by atoms with E-state index >= 15 is 0 Å². The van der Waals surface area contributed by atoms with Gasteiger partial charge in [0.15, 0.2) is 17.3 Å². The third-order valence-corrected chi connectivity index (χ3v) is 10.2. The first kappa shape index (κ1) is 20.0. The fourth-order valence-electron chi connectivity index (χ4n) is 8.93. The summed E-state index contributed by atoms with van der Waals surface area (Å²) in [7, 11) is 5.78. The van der Waals surface area contributed by atoms with Gasteiger partial charge in [-0.2, -0.15) is 0 Å². The van der Waals surface area contributed by atoms with Gasteiger partial charge in [-0.3, -0.25) is 4.79 Å². The van der Waals surface area contributed by atoms with Gasteiger partial charge < -0.3 is 19.1 Å². The zero-order valence-electron chi connectivity index (χ0n) is 19.6. The number of carbonyl (C=O) groups excluding carboxylic acids is 1. The lowest BCUT2D eigenvalue weighted by molar-refractivity contribution is -0.265. The van der Waals surface area contributed by atoms with E-state index in [4.69, 9.17) is 14.2 Å². The van der Waals surface area contributed by atoms with Crippen molar-refractivity contribution in [1.29, 1.82) is 0 Å². The molecule has 2 heterocycles. The van der Waals surface area contributed by atoms with Gasteiger partial charge in [0.2, 0.25) is 0 Å². The molecule has 33 heavy (non-hydrogen) atoms. The highest BCUT2D eigenvalue weighted by molar-refractivity contribution is 5.99. The van der Waals surface area contributed by atoms with E-state index in [-0.39, 0.29) is 28.6 Å². The number of methoxy groups -OCH3 is 2. The van der Waals surface area contributed by atoms with E-state index in [2.05, 4.69) is 24.1 Å². The highest BCUT2D eigenvalue weighted by Gasteiger charge is 2.81. The highest BCUT2D eigenvalue weighted by Crippen LogP contribution is 2.76. The van der Waals surface area contributed by atoms with Gasteiger partial charge in [0.25, 0.3) is 0 Å². The molecule has 0 unspecified atom stereocenters. The van der Waals surface area contributed by atoms with Gasteiger partial charge in [0.1, 0.15) is 11.7 Å². The van der Waals surface area contributed by atoms with Crippen LogP contribution in [-0.4, -0.2) is 56.2 Å². The number of ether oxygens (including phenoxy) is 3. The Morgan fingerprint density at radius 2 is 1.91 bits per heavy atom. The summed E-state index contributed by atoms with van der Waals surface area (Å²) in [4.78, 5) is 16.6. The van der Waals surface area contributed by atoms with Crippen molar-refractivity contribution in [2.45, 2.75) is 55.3 Å². The number of nitrogens with zero attached hydrogens (tertiary/aromatic N) is 1. The van der Waals surface area contributed by atoms with Crippen molar-refractivity contribution in [3.05, 3.63) is 59.2 Å². The SMILES string of the molecule is COc1ccc2c3c1O[C@H]1[C@@]4(OC)CC[C@@]5(C[C@@H]4C(=O)c4ccccc4)[C@@H](C2)N(C)CC[C@]315. The zero-order chi connectivity index (χ0) is 22.6. The Balaban J connectivity index is 1.49. The lowest BCUT2D eigenvalue weighted by Gasteiger charge is -2.73. The number of piperidine rings is 1. The highest BCUT2D eigenvalue weighted by atomic mass is 16.6. The van der Waals surface area contributed by atoms with Gasteiger partial charge in [-0.1, -0.05) is 36.4 Å². The molecule has 0 amide bonds. The molecule has 0 aromatic heterocycles. The van der Waals surface area contributed by atoms with Gasteiger partial charge in [-0.25, -0.2) is 0 Å². The van der Waals surface area contributed by atoms with E-state index in [0.29, 0.717) is 6.04 Å². The molecule has 3 saturated carbocycles. The standard InChI is InChI=1S/C28H31NO4/c1-29-14-13-27-22-18-9-10-20(31-2)24(22)33-25(27)28(32-3)12-11-26(27,21(29)15-18)16-19(28)23(30)17-7-5-4-6-8-17/h4-10,19,21,25H,11-16H2,1-3H3/t19-,21-,25-,26-,27+,28-/m1/s1. The van der Waals surface area contributed by atoms with E-state index in [1.165, 1.54) is 11.1 Å². The molecular formula is C28H31NO4. The van der Waals surface area contributed by atoms with Gasteiger partial charge >= 0.3 is 0 Å². The van der Waals surface area contributed by atoms with Crippen LogP contribution in [0.5, 0.6) is 11.5 Å². The first-order valence-corrected chi connectivity index (χ1v) is 12.2. The Kier molecular flexibility index (Phi) is 3.88. The molecule has 8 rings (SSSR count). The molecule has 5 heteroatoms. The summed E-state index contributed by atoms with van der Waals surface area (Å²) in [5.74, 6) is 1.70. The first-order valence-electron chi connectivity index (χ1n) is 12.2. The van der Waals surface area contributed by atoms with Crippen LogP contribution < -0.4 is 9.47 Å². The summed E-state index contributed by atoms with van der Waals surface area (Å²) in [5.41, 5.74) is 2.78. The van der Waals surface area contributed by atoms with Crippen LogP contribution in [0.3, 0.4) is 0 Å². The summed E-state index contributed by atoms with van der Waals surface area (Å²) in [6.07, 6.45) is 4.66. The average Bonchev–Trinajstić information content (AvgIpc) is 3.23. The number of likely N-dealkylation sites (N-methyl/N-ethyl adjacent to an activating group) is 1. The maximum Gasteiger partial charge on any atom is 0.168 e. The van der Waals surface area contributed by atoms with Crippen molar-refractivity contribution >= 4 is 5.78 Å². The largest absolute Gasteiger partial charge is 0.493 e. The number of hydrogen-bond donors (Lipinski definition) is 0. The van der Waals surface area contributed by atoms with Crippen LogP contribution in [0.2, 0.25) is 0 Å². The Bertz CT molecular complexity index is 1160. The molecule has 1 saturated heterocycles. The second-order valence-corrected chi connectivity index (χ2v) is 10.9. The van der Waals surface area contributed by atoms with E-state index in [1.807, 2.05) is 30.3 Å². The van der Waals surface area contributed by atoms with Crippen LogP contribution in [0.4, 0.5) is 0 Å². The molecule has 5 nitrogen and oxygen atoms in total. The number of rotatable bonds is 4. The minimum atomic E-state index is -0.631. The number of hydrogen-bond acceptors (Lipinski definition) is 5. The predicted octanol–water partition coefficient (Wildman–Crippen LogP) is 4.02. The number of ketones is 1. The summed E-state index contributed by atoms with van der Waals surface area (Å²) in [6, 6.07) is 14.5. The average molecular weight is 446 g/mol. The van der Waals surface area contributed by atoms with Crippen LogP contribution in [-0.2, 0) is 16.6 Å². The lowest BCUT2D eigenvalue weighted by Crippen LogP contribution is -2.81. The van der Waals surface area contributed by atoms with Crippen molar-refractivity contribution in [3.63, 3.8) is 0 Å². The molecule has 4 aliphatic carbocycles. The maximum atomic E-state index is 14.0. The molecule has 0 radical (unpaired) electrons. The smallest absolute Gasteiger partial charge is 0.168 e. The molecule has 0 N–H and O–H groups in total. The molecule has 6 atom stereocenters. The Labute approximate surface area is 195 Å². The Morgan fingerprint density at radius 1 is 1.09 bits per heavy atom. The number of carbonyl (C=O) groups is 1. The zero-order valence-corrected chi connectivity index (χ0v) is 19.6. The molecule has 2 aromatic rings. The molecule has 172 valence electrons. The molecule has 4 bridgehead atoms. The van der Waals surface area contributed by atoms with Crippen LogP contribution in [0.15, 0.2) is 42.5 Å². The van der Waals surface area contributed by atoms with Gasteiger partial charge in [0.05, 0.1) is 13.0 Å². The van der Waals surface area contributed by atoms with Crippen molar-refractivity contribution < 1.29 is 19.0 Å². The van der Waals surface area contributed by atoms with Crippen LogP contribution in [0.1, 0.15) is 47.2 Å². The van der Waals surface area contributed by atoms with E-state index < -0.39 is 5.60 Å². The van der Waals surface area contributed by atoms with Gasteiger partial charge in [-0.05, 0) is 57.3 Å². The Morgan fingerprint density at radius 3 is 2.67 bits per heavy atom. The Hall–Kier alpha value is -2.37. The fourth-order valence-corrected chi connectivity index (χ4v) is 8.93. The summed E-state index contributed by atoms with van der Waals surface area (Å²) in [5, 5.41) is 0. The topological polar surface area (TPSA) is 48.0 Å². The second-order valence-electron chi connectivity index (χ2n) is 10.9. The normalized spacial score (nSPS) is 39.7. The van der Waals surface area contributed by atoms with Crippen LogP contribution in [0.25, 0.3) is 0 Å².